The number of nitrogens with one attached hydrogen (secondary N) is 1. The van der Waals surface area contributed by atoms with E-state index >= 15 is 0 Å². The quantitative estimate of drug-likeness (QED) is 0.788. The smallest absolute Gasteiger partial charge is 0.322 e. The molecule has 0 atom stereocenters. The second kappa shape index (κ2) is 7.29. The van der Waals surface area contributed by atoms with Gasteiger partial charge in [-0.1, -0.05) is 18.2 Å². The number of nitrogens with zero attached hydrogens (tertiary/aromatic N) is 3. The maximum Gasteiger partial charge on any atom is 0.322 e. The summed E-state index contributed by atoms with van der Waals surface area (Å²) in [7, 11) is -1.04. The minimum atomic E-state index is -3.77. The van der Waals surface area contributed by atoms with Gasteiger partial charge in [-0.2, -0.15) is 9.97 Å². The number of methoxy groups -OCH3 is 2. The van der Waals surface area contributed by atoms with Gasteiger partial charge in [-0.25, -0.2) is 17.5 Å². The first kappa shape index (κ1) is 17.0. The highest BCUT2D eigenvalue weighted by atomic mass is 32.2. The van der Waals surface area contributed by atoms with Crippen LogP contribution in [0.1, 0.15) is 11.4 Å². The van der Waals surface area contributed by atoms with Gasteiger partial charge in [-0.3, -0.25) is 0 Å². The van der Waals surface area contributed by atoms with Gasteiger partial charge >= 0.3 is 12.0 Å². The van der Waals surface area contributed by atoms with E-state index in [-0.39, 0.29) is 30.0 Å². The lowest BCUT2D eigenvalue weighted by Crippen LogP contribution is -2.26. The molecule has 0 unspecified atom stereocenters. The fraction of sp³-hybridized carbons (Fsp3) is 0.308. The summed E-state index contributed by atoms with van der Waals surface area (Å²) >= 11 is 0. The lowest BCUT2D eigenvalue weighted by atomic mass is 10.2. The molecule has 1 aromatic heterocycles. The molecule has 2 aromatic rings. The molecule has 0 saturated carbocycles. The first-order chi connectivity index (χ1) is 10.9. The average molecular weight is 342 g/mol. The maximum atomic E-state index is 13.5. The Balaban J connectivity index is 2.09. The standard InChI is InChI=1S/C13H15FN4O4S/c1-21-12-16-11(17-13(18-12)22-2)7-15-23(19,20)8-9-5-3-4-6-10(9)14/h3-6,15H,7-8H2,1-2H3. The third-order valence-corrected chi connectivity index (χ3v) is 4.03. The third kappa shape index (κ3) is 4.83. The Bertz CT molecular complexity index is 763. The van der Waals surface area contributed by atoms with E-state index in [2.05, 4.69) is 19.7 Å². The van der Waals surface area contributed by atoms with Crippen molar-refractivity contribution < 1.29 is 22.3 Å². The van der Waals surface area contributed by atoms with E-state index in [0.29, 0.717) is 0 Å². The summed E-state index contributed by atoms with van der Waals surface area (Å²) in [5.41, 5.74) is 0.0748. The molecule has 124 valence electrons. The van der Waals surface area contributed by atoms with Gasteiger partial charge in [0.05, 0.1) is 26.5 Å². The van der Waals surface area contributed by atoms with Gasteiger partial charge in [-0.15, -0.1) is 4.98 Å². The fourth-order valence-corrected chi connectivity index (χ4v) is 2.78. The Morgan fingerprint density at radius 2 is 1.70 bits per heavy atom. The van der Waals surface area contributed by atoms with Crippen molar-refractivity contribution in [2.75, 3.05) is 14.2 Å². The van der Waals surface area contributed by atoms with Crippen LogP contribution in [0, 0.1) is 5.82 Å². The first-order valence-electron chi connectivity index (χ1n) is 6.47. The molecule has 0 saturated heterocycles. The van der Waals surface area contributed by atoms with Crippen molar-refractivity contribution in [2.24, 2.45) is 0 Å². The van der Waals surface area contributed by atoms with Gasteiger partial charge < -0.3 is 9.47 Å². The van der Waals surface area contributed by atoms with E-state index in [9.17, 15) is 12.8 Å². The molecule has 0 aliphatic carbocycles. The van der Waals surface area contributed by atoms with E-state index in [1.54, 1.807) is 6.07 Å². The predicted octanol–water partition coefficient (Wildman–Crippen LogP) is 0.647. The van der Waals surface area contributed by atoms with Gasteiger partial charge in [0.25, 0.3) is 0 Å². The van der Waals surface area contributed by atoms with Gasteiger partial charge in [0, 0.05) is 5.56 Å². The number of halogens is 1. The Kier molecular flexibility index (Phi) is 5.40. The van der Waals surface area contributed by atoms with Crippen molar-refractivity contribution in [1.82, 2.24) is 19.7 Å². The highest BCUT2D eigenvalue weighted by Gasteiger charge is 2.16. The van der Waals surface area contributed by atoms with Gasteiger partial charge in [0.1, 0.15) is 5.82 Å². The van der Waals surface area contributed by atoms with Crippen molar-refractivity contribution in [3.8, 4) is 12.0 Å². The molecule has 0 bridgehead atoms. The molecule has 0 amide bonds. The number of hydrogen-bond acceptors (Lipinski definition) is 7. The first-order valence-corrected chi connectivity index (χ1v) is 8.12. The number of hydrogen-bond donors (Lipinski definition) is 1. The third-order valence-electron chi connectivity index (χ3n) is 2.76. The van der Waals surface area contributed by atoms with Crippen LogP contribution in [0.15, 0.2) is 24.3 Å². The summed E-state index contributed by atoms with van der Waals surface area (Å²) < 4.78 is 49.6. The van der Waals surface area contributed by atoms with E-state index in [1.807, 2.05) is 0 Å². The summed E-state index contributed by atoms with van der Waals surface area (Å²) in [5.74, 6) is -0.953. The minimum Gasteiger partial charge on any atom is -0.467 e. The van der Waals surface area contributed by atoms with Crippen LogP contribution in [0.25, 0.3) is 0 Å². The molecule has 1 heterocycles. The Hall–Kier alpha value is -2.33. The molecule has 0 fully saturated rings. The zero-order chi connectivity index (χ0) is 16.9. The lowest BCUT2D eigenvalue weighted by Gasteiger charge is -2.08. The number of sulfonamides is 1. The summed E-state index contributed by atoms with van der Waals surface area (Å²) in [5, 5.41) is 0. The summed E-state index contributed by atoms with van der Waals surface area (Å²) in [6.07, 6.45) is 0. The molecule has 0 spiro atoms. The molecule has 2 rings (SSSR count). The van der Waals surface area contributed by atoms with Crippen molar-refractivity contribution in [1.29, 1.82) is 0 Å². The SMILES string of the molecule is COc1nc(CNS(=O)(=O)Cc2ccccc2F)nc(OC)n1. The maximum absolute atomic E-state index is 13.5. The van der Waals surface area contributed by atoms with Crippen LogP contribution in [-0.2, 0) is 22.3 Å². The zero-order valence-electron chi connectivity index (χ0n) is 12.5. The Morgan fingerprint density at radius 1 is 1.09 bits per heavy atom. The normalized spacial score (nSPS) is 11.3. The summed E-state index contributed by atoms with van der Waals surface area (Å²) in [6, 6.07) is 5.66. The van der Waals surface area contributed by atoms with Crippen LogP contribution in [0.4, 0.5) is 4.39 Å². The van der Waals surface area contributed by atoms with Crippen molar-refractivity contribution >= 4 is 10.0 Å². The zero-order valence-corrected chi connectivity index (χ0v) is 13.3. The average Bonchev–Trinajstić information content (AvgIpc) is 2.54. The number of aromatic nitrogens is 3. The largest absolute Gasteiger partial charge is 0.467 e. The van der Waals surface area contributed by atoms with Gasteiger partial charge in [0.15, 0.2) is 5.82 Å². The van der Waals surface area contributed by atoms with Gasteiger partial charge in [-0.05, 0) is 6.07 Å². The number of benzene rings is 1. The Morgan fingerprint density at radius 3 is 2.26 bits per heavy atom. The van der Waals surface area contributed by atoms with Crippen molar-refractivity contribution in [3.05, 3.63) is 41.5 Å². The minimum absolute atomic E-state index is 0.000141. The van der Waals surface area contributed by atoms with E-state index in [0.717, 1.165) is 0 Å². The van der Waals surface area contributed by atoms with Crippen molar-refractivity contribution in [2.45, 2.75) is 12.3 Å². The van der Waals surface area contributed by atoms with Crippen LogP contribution in [0.2, 0.25) is 0 Å². The second-order valence-corrected chi connectivity index (χ2v) is 6.20. The molecule has 1 aromatic carbocycles. The molecular formula is C13H15FN4O4S. The molecule has 1 N–H and O–H groups in total. The molecule has 0 aliphatic heterocycles. The lowest BCUT2D eigenvalue weighted by molar-refractivity contribution is 0.336. The van der Waals surface area contributed by atoms with E-state index < -0.39 is 21.6 Å². The molecule has 23 heavy (non-hydrogen) atoms. The van der Waals surface area contributed by atoms with Gasteiger partial charge in [0.2, 0.25) is 10.0 Å². The fourth-order valence-electron chi connectivity index (χ4n) is 1.68. The molecule has 10 heteroatoms. The summed E-state index contributed by atoms with van der Waals surface area (Å²) in [4.78, 5) is 11.6. The molecular weight excluding hydrogens is 327 g/mol. The molecule has 8 nitrogen and oxygen atoms in total. The van der Waals surface area contributed by atoms with Crippen LogP contribution in [0.5, 0.6) is 12.0 Å². The van der Waals surface area contributed by atoms with Crippen LogP contribution in [0.3, 0.4) is 0 Å². The van der Waals surface area contributed by atoms with E-state index in [1.165, 1.54) is 32.4 Å². The number of ether oxygens (including phenoxy) is 2. The molecule has 0 aliphatic rings. The molecule has 0 radical (unpaired) electrons. The highest BCUT2D eigenvalue weighted by Crippen LogP contribution is 2.11. The predicted molar refractivity (Wildman–Crippen MR) is 78.8 cm³/mol. The van der Waals surface area contributed by atoms with Crippen LogP contribution < -0.4 is 14.2 Å². The topological polar surface area (TPSA) is 103 Å². The summed E-state index contributed by atoms with van der Waals surface area (Å²) in [6.45, 7) is -0.202. The van der Waals surface area contributed by atoms with Crippen LogP contribution in [-0.4, -0.2) is 37.6 Å². The highest BCUT2D eigenvalue weighted by molar-refractivity contribution is 7.88. The Labute approximate surface area is 132 Å². The number of rotatable bonds is 7. The monoisotopic (exact) mass is 342 g/mol. The van der Waals surface area contributed by atoms with E-state index in [4.69, 9.17) is 9.47 Å². The second-order valence-electron chi connectivity index (χ2n) is 4.40. The van der Waals surface area contributed by atoms with Crippen molar-refractivity contribution in [3.63, 3.8) is 0 Å². The van der Waals surface area contributed by atoms with Crippen LogP contribution >= 0.6 is 0 Å².